The highest BCUT2D eigenvalue weighted by molar-refractivity contribution is 6.32. The van der Waals surface area contributed by atoms with Gasteiger partial charge in [0, 0.05) is 23.8 Å². The molecular formula is C21H26ClNO2. The predicted molar refractivity (Wildman–Crippen MR) is 108 cm³/mol. The van der Waals surface area contributed by atoms with Crippen LogP contribution in [-0.2, 0) is 11.2 Å². The van der Waals surface area contributed by atoms with Gasteiger partial charge in [-0.1, -0.05) is 55.3 Å². The zero-order chi connectivity index (χ0) is 18.8. The Morgan fingerprint density at radius 2 is 2.08 bits per heavy atom. The zero-order valence-corrected chi connectivity index (χ0v) is 16.1. The Hall–Kier alpha value is -2.13. The molecule has 0 atom stereocenters. The molecule has 1 N–H and O–H groups in total. The molecule has 25 heavy (non-hydrogen) atoms. The second kappa shape index (κ2) is 10.7. The van der Waals surface area contributed by atoms with Crippen molar-refractivity contribution in [3.05, 3.63) is 63.7 Å². The van der Waals surface area contributed by atoms with E-state index in [2.05, 4.69) is 18.0 Å². The van der Waals surface area contributed by atoms with Crippen LogP contribution in [0.3, 0.4) is 0 Å². The lowest BCUT2D eigenvalue weighted by molar-refractivity contribution is -0.136. The lowest BCUT2D eigenvalue weighted by Crippen LogP contribution is -2.01. The van der Waals surface area contributed by atoms with E-state index in [1.165, 1.54) is 5.56 Å². The summed E-state index contributed by atoms with van der Waals surface area (Å²) in [6, 6.07) is 5.94. The molecule has 134 valence electrons. The van der Waals surface area contributed by atoms with Crippen molar-refractivity contribution in [2.75, 3.05) is 7.05 Å². The molecule has 4 heteroatoms. The second-order valence-electron chi connectivity index (χ2n) is 5.79. The van der Waals surface area contributed by atoms with Crippen molar-refractivity contribution in [1.29, 1.82) is 0 Å². The maximum Gasteiger partial charge on any atom is 0.307 e. The number of aliphatic carboxylic acids is 1. The van der Waals surface area contributed by atoms with Crippen molar-refractivity contribution in [1.82, 2.24) is 0 Å². The third kappa shape index (κ3) is 6.35. The first kappa shape index (κ1) is 20.9. The summed E-state index contributed by atoms with van der Waals surface area (Å²) < 4.78 is 0. The van der Waals surface area contributed by atoms with Gasteiger partial charge in [-0.25, -0.2) is 0 Å². The molecule has 1 aromatic carbocycles. The largest absolute Gasteiger partial charge is 0.481 e. The lowest BCUT2D eigenvalue weighted by Gasteiger charge is -2.13. The fourth-order valence-electron chi connectivity index (χ4n) is 2.68. The van der Waals surface area contributed by atoms with Crippen molar-refractivity contribution in [2.45, 2.75) is 40.0 Å². The summed E-state index contributed by atoms with van der Waals surface area (Å²) in [6.07, 6.45) is 9.46. The maximum absolute atomic E-state index is 11.1. The van der Waals surface area contributed by atoms with Gasteiger partial charge in [-0.05, 0) is 48.6 Å². The fraction of sp³-hybridized carbons (Fsp3) is 0.333. The number of rotatable bonds is 8. The molecule has 0 aliphatic carbocycles. The number of aryl methyl sites for hydroxylation is 1. The Morgan fingerprint density at radius 3 is 2.64 bits per heavy atom. The molecule has 1 aromatic rings. The highest BCUT2D eigenvalue weighted by Crippen LogP contribution is 2.31. The molecule has 1 rings (SSSR count). The van der Waals surface area contributed by atoms with Crippen LogP contribution in [0.4, 0.5) is 0 Å². The molecule has 0 heterocycles. The van der Waals surface area contributed by atoms with E-state index in [-0.39, 0.29) is 6.42 Å². The molecule has 0 unspecified atom stereocenters. The van der Waals surface area contributed by atoms with E-state index in [0.717, 1.165) is 29.6 Å². The summed E-state index contributed by atoms with van der Waals surface area (Å²) in [5.74, 6) is -0.875. The normalized spacial score (nSPS) is 13.6. The summed E-state index contributed by atoms with van der Waals surface area (Å²) >= 11 is 6.49. The van der Waals surface area contributed by atoms with Crippen LogP contribution >= 0.6 is 11.6 Å². The molecule has 0 aromatic heterocycles. The van der Waals surface area contributed by atoms with Gasteiger partial charge in [0.05, 0.1) is 6.42 Å². The van der Waals surface area contributed by atoms with Gasteiger partial charge in [-0.3, -0.25) is 9.79 Å². The molecule has 0 saturated carbocycles. The third-order valence-corrected chi connectivity index (χ3v) is 4.07. The number of nitrogens with zero attached hydrogens (tertiary/aromatic N) is 1. The van der Waals surface area contributed by atoms with Crippen LogP contribution in [-0.4, -0.2) is 24.3 Å². The molecule has 0 radical (unpaired) electrons. The predicted octanol–water partition coefficient (Wildman–Crippen LogP) is 5.74. The quantitative estimate of drug-likeness (QED) is 0.475. The Balaban J connectivity index is 3.55. The SMILES string of the molecule is C\C=C/C(=C\C(C)=C(\C=NC)CC(=O)O)c1c(Cl)cccc1CCC. The van der Waals surface area contributed by atoms with Gasteiger partial charge in [0.25, 0.3) is 0 Å². The van der Waals surface area contributed by atoms with Gasteiger partial charge >= 0.3 is 5.97 Å². The number of hydrogen-bond donors (Lipinski definition) is 1. The Labute approximate surface area is 155 Å². The molecular weight excluding hydrogens is 334 g/mol. The summed E-state index contributed by atoms with van der Waals surface area (Å²) in [4.78, 5) is 15.1. The minimum Gasteiger partial charge on any atom is -0.481 e. The van der Waals surface area contributed by atoms with Crippen molar-refractivity contribution >= 4 is 29.4 Å². The van der Waals surface area contributed by atoms with Crippen molar-refractivity contribution in [3.8, 4) is 0 Å². The van der Waals surface area contributed by atoms with Crippen molar-refractivity contribution in [3.63, 3.8) is 0 Å². The molecule has 0 spiro atoms. The number of aliphatic imine (C=N–C) groups is 1. The van der Waals surface area contributed by atoms with Crippen LogP contribution in [0.2, 0.25) is 5.02 Å². The van der Waals surface area contributed by atoms with E-state index in [0.29, 0.717) is 10.6 Å². The molecule has 0 fully saturated rings. The average Bonchev–Trinajstić information content (AvgIpc) is 2.54. The highest BCUT2D eigenvalue weighted by Gasteiger charge is 2.11. The van der Waals surface area contributed by atoms with E-state index in [9.17, 15) is 4.79 Å². The fourth-order valence-corrected chi connectivity index (χ4v) is 2.99. The molecule has 0 saturated heterocycles. The summed E-state index contributed by atoms with van der Waals surface area (Å²) in [7, 11) is 1.64. The molecule has 0 aliphatic heterocycles. The molecule has 3 nitrogen and oxygen atoms in total. The number of carboxylic acids is 1. The van der Waals surface area contributed by atoms with E-state index in [4.69, 9.17) is 16.7 Å². The topological polar surface area (TPSA) is 49.7 Å². The average molecular weight is 360 g/mol. The van der Waals surface area contributed by atoms with Gasteiger partial charge in [0.1, 0.15) is 0 Å². The third-order valence-electron chi connectivity index (χ3n) is 3.76. The van der Waals surface area contributed by atoms with Crippen LogP contribution in [0, 0.1) is 0 Å². The van der Waals surface area contributed by atoms with E-state index in [1.807, 2.05) is 44.2 Å². The minimum atomic E-state index is -0.875. The van der Waals surface area contributed by atoms with Crippen LogP contribution < -0.4 is 0 Å². The smallest absolute Gasteiger partial charge is 0.307 e. The molecule has 0 bridgehead atoms. The number of allylic oxidation sites excluding steroid dienone is 5. The summed E-state index contributed by atoms with van der Waals surface area (Å²) in [6.45, 7) is 5.99. The van der Waals surface area contributed by atoms with Crippen molar-refractivity contribution < 1.29 is 9.90 Å². The van der Waals surface area contributed by atoms with E-state index in [1.54, 1.807) is 13.3 Å². The number of benzene rings is 1. The number of halogens is 1. The van der Waals surface area contributed by atoms with Gasteiger partial charge in [-0.15, -0.1) is 0 Å². The Kier molecular flexibility index (Phi) is 8.93. The maximum atomic E-state index is 11.1. The first-order valence-corrected chi connectivity index (χ1v) is 8.78. The summed E-state index contributed by atoms with van der Waals surface area (Å²) in [5, 5.41) is 9.82. The van der Waals surface area contributed by atoms with Crippen LogP contribution in [0.15, 0.2) is 52.6 Å². The van der Waals surface area contributed by atoms with Gasteiger partial charge in [0.2, 0.25) is 0 Å². The van der Waals surface area contributed by atoms with E-state index < -0.39 is 5.97 Å². The summed E-state index contributed by atoms with van der Waals surface area (Å²) in [5.41, 5.74) is 4.72. The first-order chi connectivity index (χ1) is 11.9. The van der Waals surface area contributed by atoms with Crippen LogP contribution in [0.5, 0.6) is 0 Å². The van der Waals surface area contributed by atoms with Crippen LogP contribution in [0.1, 0.15) is 44.7 Å². The molecule has 0 amide bonds. The molecule has 0 aliphatic rings. The zero-order valence-electron chi connectivity index (χ0n) is 15.3. The standard InChI is InChI=1S/C21H26ClNO2/c1-5-8-16-10-7-11-19(22)21(16)17(9-6-2)12-15(3)18(14-23-4)13-20(24)25/h6-7,9-12,14H,5,8,13H2,1-4H3,(H,24,25)/b9-6-,17-12+,18-15+,23-14?. The Bertz CT molecular complexity index is 727. The number of hydrogen-bond acceptors (Lipinski definition) is 2. The highest BCUT2D eigenvalue weighted by atomic mass is 35.5. The van der Waals surface area contributed by atoms with Gasteiger partial charge in [0.15, 0.2) is 0 Å². The van der Waals surface area contributed by atoms with Crippen molar-refractivity contribution in [2.24, 2.45) is 4.99 Å². The van der Waals surface area contributed by atoms with Gasteiger partial charge < -0.3 is 5.11 Å². The monoisotopic (exact) mass is 359 g/mol. The van der Waals surface area contributed by atoms with Crippen LogP contribution in [0.25, 0.3) is 5.57 Å². The second-order valence-corrected chi connectivity index (χ2v) is 6.20. The van der Waals surface area contributed by atoms with E-state index >= 15 is 0 Å². The first-order valence-electron chi connectivity index (χ1n) is 8.40. The number of carboxylic acid groups (broad SMARTS) is 1. The Morgan fingerprint density at radius 1 is 1.36 bits per heavy atom. The van der Waals surface area contributed by atoms with Gasteiger partial charge in [-0.2, -0.15) is 0 Å². The lowest BCUT2D eigenvalue weighted by atomic mass is 9.94. The number of carbonyl (C=O) groups is 1. The minimum absolute atomic E-state index is 0.0624.